The standard InChI is InChI=1S/C22H25N3O4S/c1-22(2,3)29-19(26)14-30-21-24-23-20(25(21)16-9-7-6-8-10-16)15-11-17(27-4)13-18(12-15)28-5/h6-13H,14H2,1-5H3. The van der Waals surface area contributed by atoms with Crippen molar-refractivity contribution in [1.82, 2.24) is 14.8 Å². The summed E-state index contributed by atoms with van der Waals surface area (Å²) in [6.07, 6.45) is 0. The fraction of sp³-hybridized carbons (Fsp3) is 0.318. The van der Waals surface area contributed by atoms with Crippen molar-refractivity contribution >= 4 is 17.7 Å². The Labute approximate surface area is 180 Å². The quantitative estimate of drug-likeness (QED) is 0.409. The van der Waals surface area contributed by atoms with E-state index in [1.54, 1.807) is 20.3 Å². The zero-order valence-corrected chi connectivity index (χ0v) is 18.5. The topological polar surface area (TPSA) is 75.5 Å². The smallest absolute Gasteiger partial charge is 0.316 e. The van der Waals surface area contributed by atoms with E-state index < -0.39 is 5.60 Å². The Morgan fingerprint density at radius 2 is 1.63 bits per heavy atom. The van der Waals surface area contributed by atoms with Crippen LogP contribution in [-0.4, -0.2) is 46.3 Å². The lowest BCUT2D eigenvalue weighted by Crippen LogP contribution is -2.25. The third-order valence-corrected chi connectivity index (χ3v) is 4.90. The van der Waals surface area contributed by atoms with Crippen molar-refractivity contribution in [1.29, 1.82) is 0 Å². The summed E-state index contributed by atoms with van der Waals surface area (Å²) in [5.74, 6) is 1.73. The van der Waals surface area contributed by atoms with Gasteiger partial charge in [-0.25, -0.2) is 0 Å². The number of thioether (sulfide) groups is 1. The van der Waals surface area contributed by atoms with Crippen LogP contribution in [0, 0.1) is 0 Å². The van der Waals surface area contributed by atoms with Gasteiger partial charge in [-0.15, -0.1) is 10.2 Å². The third-order valence-electron chi connectivity index (χ3n) is 4.00. The summed E-state index contributed by atoms with van der Waals surface area (Å²) in [6.45, 7) is 5.53. The second-order valence-electron chi connectivity index (χ2n) is 7.45. The van der Waals surface area contributed by atoms with Gasteiger partial charge >= 0.3 is 5.97 Å². The highest BCUT2D eigenvalue weighted by molar-refractivity contribution is 7.99. The second kappa shape index (κ2) is 9.21. The number of esters is 1. The normalized spacial score (nSPS) is 11.2. The minimum atomic E-state index is -0.535. The van der Waals surface area contributed by atoms with Crippen LogP contribution in [0.4, 0.5) is 0 Å². The molecule has 0 saturated carbocycles. The molecule has 0 bridgehead atoms. The van der Waals surface area contributed by atoms with Crippen molar-refractivity contribution < 1.29 is 19.0 Å². The average Bonchev–Trinajstić information content (AvgIpc) is 3.15. The lowest BCUT2D eigenvalue weighted by molar-refractivity contribution is -0.151. The molecule has 0 saturated heterocycles. The first-order chi connectivity index (χ1) is 14.3. The van der Waals surface area contributed by atoms with E-state index in [1.165, 1.54) is 11.8 Å². The Morgan fingerprint density at radius 1 is 1.00 bits per heavy atom. The maximum atomic E-state index is 12.2. The van der Waals surface area contributed by atoms with Gasteiger partial charge in [0.2, 0.25) is 0 Å². The van der Waals surface area contributed by atoms with E-state index >= 15 is 0 Å². The van der Waals surface area contributed by atoms with Gasteiger partial charge in [0.15, 0.2) is 11.0 Å². The van der Waals surface area contributed by atoms with Crippen LogP contribution in [0.2, 0.25) is 0 Å². The molecule has 0 aliphatic rings. The first-order valence-electron chi connectivity index (χ1n) is 9.39. The van der Waals surface area contributed by atoms with E-state index in [-0.39, 0.29) is 11.7 Å². The van der Waals surface area contributed by atoms with Gasteiger partial charge in [-0.2, -0.15) is 0 Å². The van der Waals surface area contributed by atoms with Gasteiger partial charge in [0, 0.05) is 17.3 Å². The molecular weight excluding hydrogens is 402 g/mol. The van der Waals surface area contributed by atoms with Crippen molar-refractivity contribution in [3.05, 3.63) is 48.5 Å². The summed E-state index contributed by atoms with van der Waals surface area (Å²) >= 11 is 1.28. The second-order valence-corrected chi connectivity index (χ2v) is 8.40. The average molecular weight is 428 g/mol. The lowest BCUT2D eigenvalue weighted by Gasteiger charge is -2.19. The summed E-state index contributed by atoms with van der Waals surface area (Å²) < 4.78 is 18.1. The van der Waals surface area contributed by atoms with Gasteiger partial charge in [0.1, 0.15) is 17.1 Å². The molecule has 1 heterocycles. The molecule has 0 spiro atoms. The molecule has 0 aliphatic carbocycles. The van der Waals surface area contributed by atoms with Crippen LogP contribution in [0.5, 0.6) is 11.5 Å². The van der Waals surface area contributed by atoms with E-state index in [0.717, 1.165) is 11.3 Å². The zero-order chi connectivity index (χ0) is 21.7. The van der Waals surface area contributed by atoms with Crippen LogP contribution in [0.25, 0.3) is 17.1 Å². The molecule has 30 heavy (non-hydrogen) atoms. The number of carbonyl (C=O) groups is 1. The van der Waals surface area contributed by atoms with Gasteiger partial charge in [0.05, 0.1) is 20.0 Å². The molecular formula is C22H25N3O4S. The van der Waals surface area contributed by atoms with Gasteiger partial charge < -0.3 is 14.2 Å². The van der Waals surface area contributed by atoms with Gasteiger partial charge in [-0.3, -0.25) is 9.36 Å². The first-order valence-corrected chi connectivity index (χ1v) is 10.4. The number of carbonyl (C=O) groups excluding carboxylic acids is 1. The largest absolute Gasteiger partial charge is 0.497 e. The first kappa shape index (κ1) is 21.7. The van der Waals surface area contributed by atoms with Crippen LogP contribution in [0.3, 0.4) is 0 Å². The van der Waals surface area contributed by atoms with Crippen molar-refractivity contribution in [3.8, 4) is 28.6 Å². The minimum absolute atomic E-state index is 0.129. The summed E-state index contributed by atoms with van der Waals surface area (Å²) in [6, 6.07) is 15.3. The van der Waals surface area contributed by atoms with Crippen molar-refractivity contribution in [2.75, 3.05) is 20.0 Å². The number of para-hydroxylation sites is 1. The zero-order valence-electron chi connectivity index (χ0n) is 17.7. The minimum Gasteiger partial charge on any atom is -0.497 e. The van der Waals surface area contributed by atoms with E-state index in [0.29, 0.717) is 22.5 Å². The highest BCUT2D eigenvalue weighted by Gasteiger charge is 2.21. The molecule has 0 amide bonds. The Balaban J connectivity index is 2.00. The van der Waals surface area contributed by atoms with Crippen LogP contribution in [0.15, 0.2) is 53.7 Å². The molecule has 0 atom stereocenters. The van der Waals surface area contributed by atoms with Crippen LogP contribution in [-0.2, 0) is 9.53 Å². The molecule has 158 valence electrons. The van der Waals surface area contributed by atoms with E-state index in [2.05, 4.69) is 10.2 Å². The maximum absolute atomic E-state index is 12.2. The molecule has 0 N–H and O–H groups in total. The number of methoxy groups -OCH3 is 2. The van der Waals surface area contributed by atoms with E-state index in [1.807, 2.05) is 67.8 Å². The summed E-state index contributed by atoms with van der Waals surface area (Å²) in [5.41, 5.74) is 1.13. The van der Waals surface area contributed by atoms with E-state index in [9.17, 15) is 4.79 Å². The Morgan fingerprint density at radius 3 is 2.20 bits per heavy atom. The maximum Gasteiger partial charge on any atom is 0.316 e. The fourth-order valence-electron chi connectivity index (χ4n) is 2.79. The number of hydrogen-bond donors (Lipinski definition) is 0. The van der Waals surface area contributed by atoms with Crippen LogP contribution in [0.1, 0.15) is 20.8 Å². The molecule has 0 aliphatic heterocycles. The van der Waals surface area contributed by atoms with Crippen LogP contribution < -0.4 is 9.47 Å². The highest BCUT2D eigenvalue weighted by Crippen LogP contribution is 2.33. The predicted molar refractivity (Wildman–Crippen MR) is 116 cm³/mol. The molecule has 0 unspecified atom stereocenters. The summed E-state index contributed by atoms with van der Waals surface area (Å²) in [5, 5.41) is 9.32. The number of ether oxygens (including phenoxy) is 3. The molecule has 8 heteroatoms. The molecule has 2 aromatic carbocycles. The van der Waals surface area contributed by atoms with Crippen LogP contribution >= 0.6 is 11.8 Å². The molecule has 0 fully saturated rings. The molecule has 0 radical (unpaired) electrons. The van der Waals surface area contributed by atoms with Crippen molar-refractivity contribution in [2.45, 2.75) is 31.5 Å². The monoisotopic (exact) mass is 427 g/mol. The van der Waals surface area contributed by atoms with Gasteiger partial charge in [-0.05, 0) is 45.0 Å². The Hall–Kier alpha value is -3.00. The number of benzene rings is 2. The Bertz CT molecular complexity index is 991. The Kier molecular flexibility index (Phi) is 6.66. The summed E-state index contributed by atoms with van der Waals surface area (Å²) in [4.78, 5) is 12.2. The SMILES string of the molecule is COc1cc(OC)cc(-c2nnc(SCC(=O)OC(C)(C)C)n2-c2ccccc2)c1. The van der Waals surface area contributed by atoms with E-state index in [4.69, 9.17) is 14.2 Å². The number of rotatable bonds is 7. The number of nitrogens with zero attached hydrogens (tertiary/aromatic N) is 3. The van der Waals surface area contributed by atoms with Crippen molar-refractivity contribution in [2.24, 2.45) is 0 Å². The molecule has 3 aromatic rings. The number of aromatic nitrogens is 3. The predicted octanol–water partition coefficient (Wildman–Crippen LogP) is 4.39. The third kappa shape index (κ3) is 5.33. The molecule has 1 aromatic heterocycles. The fourth-order valence-corrected chi connectivity index (χ4v) is 3.52. The molecule has 7 nitrogen and oxygen atoms in total. The van der Waals surface area contributed by atoms with Gasteiger partial charge in [-0.1, -0.05) is 30.0 Å². The summed E-state index contributed by atoms with van der Waals surface area (Å²) in [7, 11) is 3.20. The van der Waals surface area contributed by atoms with Gasteiger partial charge in [0.25, 0.3) is 0 Å². The van der Waals surface area contributed by atoms with Crippen molar-refractivity contribution in [3.63, 3.8) is 0 Å². The number of hydrogen-bond acceptors (Lipinski definition) is 7. The highest BCUT2D eigenvalue weighted by atomic mass is 32.2. The lowest BCUT2D eigenvalue weighted by atomic mass is 10.2. The molecule has 3 rings (SSSR count).